The lowest BCUT2D eigenvalue weighted by molar-refractivity contribution is -0.118. The summed E-state index contributed by atoms with van der Waals surface area (Å²) in [5, 5.41) is 8.23. The largest absolute Gasteiger partial charge is 0.495 e. The summed E-state index contributed by atoms with van der Waals surface area (Å²) in [4.78, 5) is 23.1. The van der Waals surface area contributed by atoms with Crippen LogP contribution in [0.4, 0.5) is 10.5 Å². The number of amides is 3. The maximum absolute atomic E-state index is 11.6. The van der Waals surface area contributed by atoms with Gasteiger partial charge in [0.2, 0.25) is 5.91 Å². The van der Waals surface area contributed by atoms with Crippen molar-refractivity contribution >= 4 is 29.2 Å². The number of benzene rings is 1. The van der Waals surface area contributed by atoms with Crippen molar-refractivity contribution in [3.8, 4) is 5.75 Å². The fourth-order valence-corrected chi connectivity index (χ4v) is 1.68. The number of nitrogens with one attached hydrogen (secondary N) is 3. The van der Waals surface area contributed by atoms with Crippen LogP contribution in [0.1, 0.15) is 13.8 Å². The van der Waals surface area contributed by atoms with Gasteiger partial charge in [-0.15, -0.1) is 0 Å². The molecule has 0 fully saturated rings. The highest BCUT2D eigenvalue weighted by molar-refractivity contribution is 6.30. The van der Waals surface area contributed by atoms with Gasteiger partial charge in [0.05, 0.1) is 19.3 Å². The molecule has 0 aliphatic carbocycles. The maximum atomic E-state index is 11.6. The van der Waals surface area contributed by atoms with Gasteiger partial charge in [0.25, 0.3) is 0 Å². The lowest BCUT2D eigenvalue weighted by Gasteiger charge is -2.12. The third-order valence-electron chi connectivity index (χ3n) is 2.52. The standard InChI is InChI=1S/C14H20ClN3O3/c1-9(2)7-17-14(20)18-13(19)8-16-11-6-10(15)4-5-12(11)21-3/h4-6,9,16H,7-8H2,1-3H3,(H2,17,18,19,20). The molecule has 1 aromatic rings. The molecule has 0 aromatic heterocycles. The molecule has 3 N–H and O–H groups in total. The van der Waals surface area contributed by atoms with Crippen molar-refractivity contribution in [2.45, 2.75) is 13.8 Å². The third-order valence-corrected chi connectivity index (χ3v) is 2.76. The summed E-state index contributed by atoms with van der Waals surface area (Å²) in [5.41, 5.74) is 0.586. The van der Waals surface area contributed by atoms with Gasteiger partial charge in [-0.1, -0.05) is 25.4 Å². The molecule has 21 heavy (non-hydrogen) atoms. The van der Waals surface area contributed by atoms with Crippen molar-refractivity contribution in [1.29, 1.82) is 0 Å². The smallest absolute Gasteiger partial charge is 0.321 e. The van der Waals surface area contributed by atoms with Gasteiger partial charge in [0, 0.05) is 11.6 Å². The highest BCUT2D eigenvalue weighted by Gasteiger charge is 2.09. The van der Waals surface area contributed by atoms with Gasteiger partial charge in [-0.2, -0.15) is 0 Å². The van der Waals surface area contributed by atoms with Gasteiger partial charge in [0.15, 0.2) is 0 Å². The first-order valence-corrected chi connectivity index (χ1v) is 6.95. The number of methoxy groups -OCH3 is 1. The summed E-state index contributed by atoms with van der Waals surface area (Å²) >= 11 is 5.88. The van der Waals surface area contributed by atoms with E-state index in [2.05, 4.69) is 16.0 Å². The topological polar surface area (TPSA) is 79.5 Å². The SMILES string of the molecule is COc1ccc(Cl)cc1NCC(=O)NC(=O)NCC(C)C. The Bertz CT molecular complexity index is 506. The van der Waals surface area contributed by atoms with Crippen LogP contribution < -0.4 is 20.7 Å². The van der Waals surface area contributed by atoms with Crippen LogP contribution in [0.15, 0.2) is 18.2 Å². The molecule has 0 heterocycles. The predicted octanol–water partition coefficient (Wildman–Crippen LogP) is 2.24. The molecule has 116 valence electrons. The Morgan fingerprint density at radius 3 is 2.67 bits per heavy atom. The summed E-state index contributed by atoms with van der Waals surface area (Å²) in [6, 6.07) is 4.52. The number of carbonyl (C=O) groups excluding carboxylic acids is 2. The van der Waals surface area contributed by atoms with Gasteiger partial charge in [-0.3, -0.25) is 10.1 Å². The summed E-state index contributed by atoms with van der Waals surface area (Å²) < 4.78 is 5.15. The Kier molecular flexibility index (Phi) is 6.81. The molecule has 0 aliphatic rings. The number of ether oxygens (including phenoxy) is 1. The molecule has 0 aliphatic heterocycles. The lowest BCUT2D eigenvalue weighted by atomic mass is 10.2. The van der Waals surface area contributed by atoms with Crippen LogP contribution >= 0.6 is 11.6 Å². The Hall–Kier alpha value is -1.95. The lowest BCUT2D eigenvalue weighted by Crippen LogP contribution is -2.43. The quantitative estimate of drug-likeness (QED) is 0.752. The van der Waals surface area contributed by atoms with Gasteiger partial charge in [-0.25, -0.2) is 4.79 Å². The van der Waals surface area contributed by atoms with Crippen LogP contribution in [0.25, 0.3) is 0 Å². The third kappa shape index (κ3) is 6.35. The fraction of sp³-hybridized carbons (Fsp3) is 0.429. The number of carbonyl (C=O) groups is 2. The number of hydrogen-bond donors (Lipinski definition) is 3. The summed E-state index contributed by atoms with van der Waals surface area (Å²) in [5.74, 6) is 0.439. The Labute approximate surface area is 129 Å². The number of urea groups is 1. The number of halogens is 1. The molecule has 0 unspecified atom stereocenters. The minimum atomic E-state index is -0.506. The first-order valence-electron chi connectivity index (χ1n) is 6.57. The van der Waals surface area contributed by atoms with E-state index in [0.717, 1.165) is 0 Å². The predicted molar refractivity (Wildman–Crippen MR) is 82.9 cm³/mol. The first kappa shape index (κ1) is 17.1. The van der Waals surface area contributed by atoms with Gasteiger partial charge < -0.3 is 15.4 Å². The van der Waals surface area contributed by atoms with Crippen LogP contribution in [0.5, 0.6) is 5.75 Å². The molecule has 0 saturated carbocycles. The van der Waals surface area contributed by atoms with E-state index in [1.165, 1.54) is 7.11 Å². The van der Waals surface area contributed by atoms with E-state index in [1.807, 2.05) is 13.8 Å². The van der Waals surface area contributed by atoms with Crippen molar-refractivity contribution in [2.24, 2.45) is 5.92 Å². The number of imide groups is 1. The number of hydrogen-bond acceptors (Lipinski definition) is 4. The average Bonchev–Trinajstić information content (AvgIpc) is 2.43. The minimum absolute atomic E-state index is 0.0637. The molecule has 1 rings (SSSR count). The minimum Gasteiger partial charge on any atom is -0.495 e. The molecule has 0 bridgehead atoms. The normalized spacial score (nSPS) is 10.1. The van der Waals surface area contributed by atoms with Gasteiger partial charge in [-0.05, 0) is 24.1 Å². The number of anilines is 1. The zero-order chi connectivity index (χ0) is 15.8. The molecular formula is C14H20ClN3O3. The summed E-state index contributed by atoms with van der Waals surface area (Å²) in [6.07, 6.45) is 0. The maximum Gasteiger partial charge on any atom is 0.321 e. The number of rotatable bonds is 6. The molecule has 0 saturated heterocycles. The van der Waals surface area contributed by atoms with Crippen LogP contribution in [0.3, 0.4) is 0 Å². The van der Waals surface area contributed by atoms with Crippen LogP contribution in [0, 0.1) is 5.92 Å². The zero-order valence-corrected chi connectivity index (χ0v) is 13.1. The van der Waals surface area contributed by atoms with Crippen molar-refractivity contribution in [3.05, 3.63) is 23.2 Å². The molecule has 6 nitrogen and oxygen atoms in total. The van der Waals surface area contributed by atoms with Crippen LogP contribution in [-0.2, 0) is 4.79 Å². The van der Waals surface area contributed by atoms with Gasteiger partial charge >= 0.3 is 6.03 Å². The fourth-order valence-electron chi connectivity index (χ4n) is 1.51. The van der Waals surface area contributed by atoms with E-state index in [9.17, 15) is 9.59 Å². The average molecular weight is 314 g/mol. The van der Waals surface area contributed by atoms with E-state index in [4.69, 9.17) is 16.3 Å². The summed E-state index contributed by atoms with van der Waals surface area (Å²) in [6.45, 7) is 4.38. The summed E-state index contributed by atoms with van der Waals surface area (Å²) in [7, 11) is 1.52. The second-order valence-corrected chi connectivity index (χ2v) is 5.29. The molecule has 3 amide bonds. The van der Waals surface area contributed by atoms with Crippen molar-refractivity contribution in [2.75, 3.05) is 25.5 Å². The van der Waals surface area contributed by atoms with E-state index < -0.39 is 11.9 Å². The molecule has 0 atom stereocenters. The zero-order valence-electron chi connectivity index (χ0n) is 12.3. The van der Waals surface area contributed by atoms with E-state index in [-0.39, 0.29) is 6.54 Å². The van der Waals surface area contributed by atoms with Crippen LogP contribution in [-0.4, -0.2) is 32.1 Å². The molecular weight excluding hydrogens is 294 g/mol. The molecule has 1 aromatic carbocycles. The van der Waals surface area contributed by atoms with Crippen molar-refractivity contribution in [3.63, 3.8) is 0 Å². The van der Waals surface area contributed by atoms with Crippen molar-refractivity contribution in [1.82, 2.24) is 10.6 Å². The Balaban J connectivity index is 2.46. The molecule has 0 radical (unpaired) electrons. The Morgan fingerprint density at radius 2 is 2.05 bits per heavy atom. The highest BCUT2D eigenvalue weighted by Crippen LogP contribution is 2.27. The Morgan fingerprint density at radius 1 is 1.33 bits per heavy atom. The van der Waals surface area contributed by atoms with E-state index >= 15 is 0 Å². The van der Waals surface area contributed by atoms with Crippen molar-refractivity contribution < 1.29 is 14.3 Å². The molecule has 0 spiro atoms. The highest BCUT2D eigenvalue weighted by atomic mass is 35.5. The monoisotopic (exact) mass is 313 g/mol. The second kappa shape index (κ2) is 8.36. The van der Waals surface area contributed by atoms with E-state index in [0.29, 0.717) is 28.9 Å². The first-order chi connectivity index (χ1) is 9.92. The van der Waals surface area contributed by atoms with Crippen LogP contribution in [0.2, 0.25) is 5.02 Å². The second-order valence-electron chi connectivity index (χ2n) is 4.85. The van der Waals surface area contributed by atoms with Gasteiger partial charge in [0.1, 0.15) is 5.75 Å². The van der Waals surface area contributed by atoms with E-state index in [1.54, 1.807) is 18.2 Å². The molecule has 7 heteroatoms.